The Morgan fingerprint density at radius 3 is 2.56 bits per heavy atom. The summed E-state index contributed by atoms with van der Waals surface area (Å²) in [6.07, 6.45) is 15.3. The van der Waals surface area contributed by atoms with E-state index < -0.39 is 0 Å². The van der Waals surface area contributed by atoms with Crippen LogP contribution >= 0.6 is 0 Å². The van der Waals surface area contributed by atoms with E-state index >= 15 is 0 Å². The van der Waals surface area contributed by atoms with Crippen molar-refractivity contribution in [3.8, 4) is 0 Å². The van der Waals surface area contributed by atoms with E-state index in [0.717, 1.165) is 43.3 Å². The van der Waals surface area contributed by atoms with Crippen molar-refractivity contribution in [2.75, 3.05) is 0 Å². The number of rotatable bonds is 1. The van der Waals surface area contributed by atoms with Gasteiger partial charge in [-0.1, -0.05) is 38.5 Å². The molecule has 0 radical (unpaired) electrons. The van der Waals surface area contributed by atoms with Crippen molar-refractivity contribution >= 4 is 5.57 Å². The molecule has 5 rings (SSSR count). The number of aliphatic hydroxyl groups is 1. The van der Waals surface area contributed by atoms with Crippen LogP contribution in [0.2, 0.25) is 0 Å². The van der Waals surface area contributed by atoms with Crippen LogP contribution in [-0.4, -0.2) is 21.2 Å². The molecule has 3 heteroatoms. The number of fused-ring (bicyclic) bond motifs is 5. The van der Waals surface area contributed by atoms with Gasteiger partial charge in [0.25, 0.3) is 0 Å². The molecule has 0 aromatic carbocycles. The molecule has 0 bridgehead atoms. The minimum absolute atomic E-state index is 0.128. The minimum Gasteiger partial charge on any atom is -0.393 e. The van der Waals surface area contributed by atoms with Gasteiger partial charge in [0.15, 0.2) is 5.82 Å². The molecule has 2 saturated carbocycles. The molecule has 1 N–H and O–H groups in total. The van der Waals surface area contributed by atoms with Gasteiger partial charge in [0, 0.05) is 12.4 Å². The maximum Gasteiger partial charge on any atom is 0.155 e. The Morgan fingerprint density at radius 2 is 1.78 bits per heavy atom. The monoisotopic (exact) mass is 364 g/mol. The molecular formula is C24H32N2O. The first-order valence-corrected chi connectivity index (χ1v) is 10.8. The highest BCUT2D eigenvalue weighted by molar-refractivity contribution is 5.68. The lowest BCUT2D eigenvalue weighted by Crippen LogP contribution is -2.52. The highest BCUT2D eigenvalue weighted by Gasteiger charge is 2.58. The third-order valence-electron chi connectivity index (χ3n) is 8.80. The number of nitrogens with zero attached hydrogens (tertiary/aromatic N) is 2. The molecule has 27 heavy (non-hydrogen) atoms. The van der Waals surface area contributed by atoms with E-state index in [4.69, 9.17) is 0 Å². The Labute approximate surface area is 163 Å². The zero-order valence-electron chi connectivity index (χ0n) is 16.9. The normalized spacial score (nSPS) is 46.0. The highest BCUT2D eigenvalue weighted by Crippen LogP contribution is 2.67. The molecule has 4 aliphatic carbocycles. The second-order valence-corrected chi connectivity index (χ2v) is 10.0. The molecule has 3 nitrogen and oxygen atoms in total. The first kappa shape index (κ1) is 17.6. The molecular weight excluding hydrogens is 332 g/mol. The van der Waals surface area contributed by atoms with Crippen molar-refractivity contribution in [2.45, 2.75) is 65.4 Å². The molecule has 2 fully saturated rings. The third kappa shape index (κ3) is 2.43. The van der Waals surface area contributed by atoms with Crippen molar-refractivity contribution < 1.29 is 5.11 Å². The number of hydrogen-bond donors (Lipinski definition) is 1. The lowest BCUT2D eigenvalue weighted by Gasteiger charge is -2.59. The molecule has 4 aliphatic rings. The van der Waals surface area contributed by atoms with Gasteiger partial charge >= 0.3 is 0 Å². The van der Waals surface area contributed by atoms with Crippen LogP contribution in [0.25, 0.3) is 5.57 Å². The van der Waals surface area contributed by atoms with Crippen molar-refractivity contribution in [3.63, 3.8) is 0 Å². The largest absolute Gasteiger partial charge is 0.393 e. The fourth-order valence-electron chi connectivity index (χ4n) is 7.36. The molecule has 0 amide bonds. The zero-order chi connectivity index (χ0) is 18.8. The van der Waals surface area contributed by atoms with E-state index in [0.29, 0.717) is 17.3 Å². The molecule has 144 valence electrons. The molecule has 1 aromatic heterocycles. The summed E-state index contributed by atoms with van der Waals surface area (Å²) in [5.74, 6) is 3.70. The molecule has 7 atom stereocenters. The summed E-state index contributed by atoms with van der Waals surface area (Å²) in [6, 6.07) is 1.91. The summed E-state index contributed by atoms with van der Waals surface area (Å²) in [4.78, 5) is 9.18. The SMILES string of the molecule is C[C@H]1C=C2C[C@H](O)CC[C@]2(C)[C@H]2CC[C@]3(C)C(c4ncccn4)=CC[C@H]3[C@H]12. The Kier molecular flexibility index (Phi) is 3.92. The number of hydrogen-bond acceptors (Lipinski definition) is 3. The van der Waals surface area contributed by atoms with E-state index in [1.165, 1.54) is 18.4 Å². The highest BCUT2D eigenvalue weighted by atomic mass is 16.3. The van der Waals surface area contributed by atoms with Gasteiger partial charge in [-0.25, -0.2) is 9.97 Å². The molecule has 0 saturated heterocycles. The fraction of sp³-hybridized carbons (Fsp3) is 0.667. The van der Waals surface area contributed by atoms with E-state index in [9.17, 15) is 5.11 Å². The zero-order valence-corrected chi connectivity index (χ0v) is 16.9. The number of aromatic nitrogens is 2. The van der Waals surface area contributed by atoms with E-state index in [2.05, 4.69) is 42.9 Å². The van der Waals surface area contributed by atoms with Crippen LogP contribution in [0.3, 0.4) is 0 Å². The van der Waals surface area contributed by atoms with E-state index in [-0.39, 0.29) is 11.5 Å². The van der Waals surface area contributed by atoms with Crippen molar-refractivity contribution in [3.05, 3.63) is 42.0 Å². The summed E-state index contributed by atoms with van der Waals surface area (Å²) < 4.78 is 0. The quantitative estimate of drug-likeness (QED) is 0.710. The van der Waals surface area contributed by atoms with Crippen LogP contribution in [0.5, 0.6) is 0 Å². The van der Waals surface area contributed by atoms with Gasteiger partial charge in [-0.3, -0.25) is 0 Å². The number of allylic oxidation sites excluding steroid dienone is 3. The average Bonchev–Trinajstić information content (AvgIpc) is 3.01. The Morgan fingerprint density at radius 1 is 1.04 bits per heavy atom. The van der Waals surface area contributed by atoms with Crippen LogP contribution in [-0.2, 0) is 0 Å². The predicted octanol–water partition coefficient (Wildman–Crippen LogP) is 5.04. The Hall–Kier alpha value is -1.48. The second-order valence-electron chi connectivity index (χ2n) is 10.0. The van der Waals surface area contributed by atoms with Gasteiger partial charge in [0.2, 0.25) is 0 Å². The molecule has 1 heterocycles. The fourth-order valence-corrected chi connectivity index (χ4v) is 7.36. The maximum atomic E-state index is 10.2. The first-order chi connectivity index (χ1) is 12.9. The van der Waals surface area contributed by atoms with Gasteiger partial charge in [-0.05, 0) is 84.7 Å². The summed E-state index contributed by atoms with van der Waals surface area (Å²) in [5, 5.41) is 10.2. The van der Waals surface area contributed by atoms with Gasteiger partial charge in [-0.15, -0.1) is 0 Å². The molecule has 0 aliphatic heterocycles. The lowest BCUT2D eigenvalue weighted by atomic mass is 9.45. The van der Waals surface area contributed by atoms with Crippen molar-refractivity contribution in [1.29, 1.82) is 0 Å². The second kappa shape index (κ2) is 6.01. The average molecular weight is 365 g/mol. The standard InChI is InChI=1S/C24H32N2O/c1-15-13-16-14-17(27)7-9-23(16,2)19-8-10-24(3)18(21(15)19)5-6-20(24)22-25-11-4-12-26-22/h4,6,11-13,15,17-19,21,27H,5,7-10,14H2,1-3H3/t15-,17+,18-,19-,21-,23-,24-/m0/s1. The predicted molar refractivity (Wildman–Crippen MR) is 108 cm³/mol. The third-order valence-corrected chi connectivity index (χ3v) is 8.80. The van der Waals surface area contributed by atoms with Crippen LogP contribution in [0, 0.1) is 34.5 Å². The van der Waals surface area contributed by atoms with Gasteiger partial charge < -0.3 is 5.11 Å². The summed E-state index contributed by atoms with van der Waals surface area (Å²) in [6.45, 7) is 7.40. The molecule has 0 unspecified atom stereocenters. The minimum atomic E-state index is -0.128. The Bertz CT molecular complexity index is 800. The summed E-state index contributed by atoms with van der Waals surface area (Å²) in [5.41, 5.74) is 3.44. The molecule has 1 aromatic rings. The van der Waals surface area contributed by atoms with Crippen LogP contribution in [0.15, 0.2) is 36.2 Å². The maximum absolute atomic E-state index is 10.2. The van der Waals surface area contributed by atoms with Crippen molar-refractivity contribution in [1.82, 2.24) is 9.97 Å². The van der Waals surface area contributed by atoms with Gasteiger partial charge in [0.1, 0.15) is 0 Å². The topological polar surface area (TPSA) is 46.0 Å². The summed E-state index contributed by atoms with van der Waals surface area (Å²) >= 11 is 0. The van der Waals surface area contributed by atoms with Crippen LogP contribution in [0.1, 0.15) is 65.1 Å². The van der Waals surface area contributed by atoms with E-state index in [1.54, 1.807) is 5.57 Å². The Balaban J connectivity index is 1.52. The van der Waals surface area contributed by atoms with Crippen molar-refractivity contribution in [2.24, 2.45) is 34.5 Å². The smallest absolute Gasteiger partial charge is 0.155 e. The van der Waals surface area contributed by atoms with Gasteiger partial charge in [-0.2, -0.15) is 0 Å². The lowest BCUT2D eigenvalue weighted by molar-refractivity contribution is -0.0426. The molecule has 0 spiro atoms. The van der Waals surface area contributed by atoms with Crippen LogP contribution in [0.4, 0.5) is 0 Å². The van der Waals surface area contributed by atoms with Crippen LogP contribution < -0.4 is 0 Å². The summed E-state index contributed by atoms with van der Waals surface area (Å²) in [7, 11) is 0. The first-order valence-electron chi connectivity index (χ1n) is 10.8. The number of aliphatic hydroxyl groups excluding tert-OH is 1. The van der Waals surface area contributed by atoms with Gasteiger partial charge in [0.05, 0.1) is 6.10 Å². The van der Waals surface area contributed by atoms with E-state index in [1.807, 2.05) is 18.5 Å².